The predicted octanol–water partition coefficient (Wildman–Crippen LogP) is 4.56. The Hall–Kier alpha value is -3.62. The molecule has 0 bridgehead atoms. The van der Waals surface area contributed by atoms with Crippen molar-refractivity contribution in [3.63, 3.8) is 0 Å². The fraction of sp³-hybridized carbons (Fsp3) is 0.130. The molecule has 1 heterocycles. The van der Waals surface area contributed by atoms with Gasteiger partial charge < -0.3 is 20.5 Å². The van der Waals surface area contributed by atoms with Crippen molar-refractivity contribution < 1.29 is 24.2 Å². The molecule has 3 N–H and O–H groups in total. The molecule has 0 aliphatic heterocycles. The van der Waals surface area contributed by atoms with Crippen molar-refractivity contribution in [2.24, 2.45) is 0 Å². The zero-order valence-corrected chi connectivity index (χ0v) is 18.6. The third-order valence-corrected chi connectivity index (χ3v) is 5.11. The van der Waals surface area contributed by atoms with Crippen molar-refractivity contribution in [2.75, 3.05) is 5.32 Å². The molecular weight excluding hydrogens is 469 g/mol. The number of ether oxygens (including phenoxy) is 1. The molecule has 8 nitrogen and oxygen atoms in total. The molecule has 0 fully saturated rings. The quantitative estimate of drug-likeness (QED) is 0.428. The lowest BCUT2D eigenvalue weighted by Crippen LogP contribution is -2.42. The van der Waals surface area contributed by atoms with Gasteiger partial charge in [0.15, 0.2) is 0 Å². The minimum absolute atomic E-state index is 0.0198. The Kier molecular flexibility index (Phi) is 8.23. The van der Waals surface area contributed by atoms with Gasteiger partial charge in [0.25, 0.3) is 5.91 Å². The molecule has 0 saturated carbocycles. The number of amides is 2. The highest BCUT2D eigenvalue weighted by Gasteiger charge is 2.21. The van der Waals surface area contributed by atoms with Crippen LogP contribution >= 0.6 is 23.2 Å². The summed E-state index contributed by atoms with van der Waals surface area (Å²) in [6.45, 7) is 0.0267. The number of nitrogens with zero attached hydrogens (tertiary/aromatic N) is 1. The number of carbonyl (C=O) groups is 3. The lowest BCUT2D eigenvalue weighted by atomic mass is 10.1. The summed E-state index contributed by atoms with van der Waals surface area (Å²) in [7, 11) is 0. The van der Waals surface area contributed by atoms with Crippen molar-refractivity contribution in [1.82, 2.24) is 10.3 Å². The molecule has 1 atom stereocenters. The fourth-order valence-corrected chi connectivity index (χ4v) is 3.43. The van der Waals surface area contributed by atoms with E-state index in [9.17, 15) is 19.5 Å². The number of hydrogen-bond acceptors (Lipinski definition) is 5. The van der Waals surface area contributed by atoms with Crippen LogP contribution in [-0.4, -0.2) is 34.1 Å². The number of alkyl carbamates (subject to hydrolysis) is 1. The number of carboxylic acids is 1. The second-order valence-electron chi connectivity index (χ2n) is 6.93. The van der Waals surface area contributed by atoms with E-state index in [0.29, 0.717) is 11.3 Å². The van der Waals surface area contributed by atoms with Gasteiger partial charge in [0.1, 0.15) is 12.6 Å². The van der Waals surface area contributed by atoms with E-state index in [1.165, 1.54) is 12.4 Å². The third-order valence-electron chi connectivity index (χ3n) is 4.54. The number of nitrogens with one attached hydrogen (secondary N) is 2. The predicted molar refractivity (Wildman–Crippen MR) is 124 cm³/mol. The van der Waals surface area contributed by atoms with Crippen LogP contribution in [0.15, 0.2) is 67.0 Å². The maximum Gasteiger partial charge on any atom is 0.408 e. The van der Waals surface area contributed by atoms with E-state index in [1.54, 1.807) is 36.4 Å². The van der Waals surface area contributed by atoms with Crippen LogP contribution in [0.2, 0.25) is 10.0 Å². The van der Waals surface area contributed by atoms with Gasteiger partial charge in [0.05, 0.1) is 15.6 Å². The third kappa shape index (κ3) is 6.93. The molecule has 0 aliphatic carbocycles. The Morgan fingerprint density at radius 3 is 2.18 bits per heavy atom. The van der Waals surface area contributed by atoms with Crippen LogP contribution in [-0.2, 0) is 22.6 Å². The van der Waals surface area contributed by atoms with Crippen molar-refractivity contribution in [1.29, 1.82) is 0 Å². The number of aromatic nitrogens is 1. The summed E-state index contributed by atoms with van der Waals surface area (Å²) < 4.78 is 5.08. The fourth-order valence-electron chi connectivity index (χ4n) is 2.89. The Morgan fingerprint density at radius 2 is 1.58 bits per heavy atom. The first-order valence-electron chi connectivity index (χ1n) is 9.73. The summed E-state index contributed by atoms with van der Waals surface area (Å²) in [5, 5.41) is 14.7. The number of rotatable bonds is 8. The molecule has 2 amide bonds. The molecule has 0 saturated heterocycles. The Bertz CT molecular complexity index is 1120. The van der Waals surface area contributed by atoms with Gasteiger partial charge in [-0.1, -0.05) is 65.7 Å². The number of anilines is 1. The highest BCUT2D eigenvalue weighted by atomic mass is 35.5. The summed E-state index contributed by atoms with van der Waals surface area (Å²) in [5.74, 6) is -1.71. The van der Waals surface area contributed by atoms with Gasteiger partial charge in [0.2, 0.25) is 0 Å². The Labute approximate surface area is 199 Å². The van der Waals surface area contributed by atoms with Gasteiger partial charge in [-0.15, -0.1) is 0 Å². The van der Waals surface area contributed by atoms with Crippen molar-refractivity contribution in [3.8, 4) is 0 Å². The second kappa shape index (κ2) is 11.3. The number of aliphatic carboxylic acids is 1. The van der Waals surface area contributed by atoms with Crippen molar-refractivity contribution in [3.05, 3.63) is 93.7 Å². The van der Waals surface area contributed by atoms with E-state index in [4.69, 9.17) is 27.9 Å². The van der Waals surface area contributed by atoms with Crippen molar-refractivity contribution in [2.45, 2.75) is 19.1 Å². The van der Waals surface area contributed by atoms with E-state index < -0.39 is 24.0 Å². The second-order valence-corrected chi connectivity index (χ2v) is 7.74. The molecule has 0 radical (unpaired) electrons. The standard InChI is InChI=1S/C23H19Cl2N3O5/c24-17-11-26-12-18(25)20(17)21(29)27-16-8-6-14(7-9-16)10-19(22(30)31)28-23(32)33-13-15-4-2-1-3-5-15/h1-9,11-12,19H,10,13H2,(H,27,29)(H,28,32)(H,30,31)/t19-/m0/s1. The highest BCUT2D eigenvalue weighted by molar-refractivity contribution is 6.40. The van der Waals surface area contributed by atoms with Crippen LogP contribution in [0.25, 0.3) is 0 Å². The average Bonchev–Trinajstić information content (AvgIpc) is 2.79. The normalized spacial score (nSPS) is 11.3. The van der Waals surface area contributed by atoms with E-state index in [1.807, 2.05) is 18.2 Å². The van der Waals surface area contributed by atoms with Gasteiger partial charge >= 0.3 is 12.1 Å². The zero-order valence-electron chi connectivity index (χ0n) is 17.1. The number of benzene rings is 2. The average molecular weight is 488 g/mol. The van der Waals surface area contributed by atoms with Gasteiger partial charge in [0, 0.05) is 24.5 Å². The SMILES string of the molecule is O=C(N[C@@H](Cc1ccc(NC(=O)c2c(Cl)cncc2Cl)cc1)C(=O)O)OCc1ccccc1. The largest absolute Gasteiger partial charge is 0.480 e. The molecule has 33 heavy (non-hydrogen) atoms. The molecule has 0 aliphatic rings. The molecule has 3 aromatic rings. The number of pyridine rings is 1. The summed E-state index contributed by atoms with van der Waals surface area (Å²) in [6.07, 6.45) is 1.82. The minimum Gasteiger partial charge on any atom is -0.480 e. The molecule has 170 valence electrons. The van der Waals surface area contributed by atoms with E-state index in [-0.39, 0.29) is 28.6 Å². The molecule has 1 aromatic heterocycles. The first-order valence-corrected chi connectivity index (χ1v) is 10.5. The van der Waals surface area contributed by atoms with Crippen molar-refractivity contribution >= 4 is 46.9 Å². The molecule has 0 unspecified atom stereocenters. The summed E-state index contributed by atoms with van der Waals surface area (Å²) >= 11 is 12.0. The lowest BCUT2D eigenvalue weighted by molar-refractivity contribution is -0.139. The van der Waals surface area contributed by atoms with Gasteiger partial charge in [-0.25, -0.2) is 9.59 Å². The first-order chi connectivity index (χ1) is 15.8. The summed E-state index contributed by atoms with van der Waals surface area (Å²) in [6, 6.07) is 14.3. The molecular formula is C23H19Cl2N3O5. The maximum atomic E-state index is 12.4. The molecule has 2 aromatic carbocycles. The Balaban J connectivity index is 1.58. The molecule has 0 spiro atoms. The number of hydrogen-bond donors (Lipinski definition) is 3. The number of carboxylic acid groups (broad SMARTS) is 1. The van der Waals surface area contributed by atoms with E-state index >= 15 is 0 Å². The van der Waals surface area contributed by atoms with Gasteiger partial charge in [-0.05, 0) is 23.3 Å². The molecule has 3 rings (SSSR count). The topological polar surface area (TPSA) is 118 Å². The smallest absolute Gasteiger partial charge is 0.408 e. The zero-order chi connectivity index (χ0) is 23.8. The van der Waals surface area contributed by atoms with Crippen LogP contribution < -0.4 is 10.6 Å². The minimum atomic E-state index is -1.20. The first kappa shape index (κ1) is 24.0. The lowest BCUT2D eigenvalue weighted by Gasteiger charge is -2.15. The van der Waals surface area contributed by atoms with Crippen LogP contribution in [0.4, 0.5) is 10.5 Å². The Morgan fingerprint density at radius 1 is 0.939 bits per heavy atom. The number of halogens is 2. The highest BCUT2D eigenvalue weighted by Crippen LogP contribution is 2.24. The van der Waals surface area contributed by atoms with Crippen LogP contribution in [0.1, 0.15) is 21.5 Å². The van der Waals surface area contributed by atoms with Crippen LogP contribution in [0.5, 0.6) is 0 Å². The maximum absolute atomic E-state index is 12.4. The van der Waals surface area contributed by atoms with E-state index in [0.717, 1.165) is 5.56 Å². The van der Waals surface area contributed by atoms with E-state index in [2.05, 4.69) is 15.6 Å². The monoisotopic (exact) mass is 487 g/mol. The van der Waals surface area contributed by atoms with Gasteiger partial charge in [-0.2, -0.15) is 0 Å². The van der Waals surface area contributed by atoms with Crippen LogP contribution in [0, 0.1) is 0 Å². The molecule has 10 heteroatoms. The van der Waals surface area contributed by atoms with Crippen LogP contribution in [0.3, 0.4) is 0 Å². The van der Waals surface area contributed by atoms with Gasteiger partial charge in [-0.3, -0.25) is 9.78 Å². The number of carbonyl (C=O) groups excluding carboxylic acids is 2. The summed E-state index contributed by atoms with van der Waals surface area (Å²) in [5.41, 5.74) is 1.96. The summed E-state index contributed by atoms with van der Waals surface area (Å²) in [4.78, 5) is 39.9.